The van der Waals surface area contributed by atoms with Crippen LogP contribution >= 0.6 is 22.6 Å². The summed E-state index contributed by atoms with van der Waals surface area (Å²) in [6, 6.07) is 10.8. The molecule has 3 aromatic rings. The molecule has 8 heteroatoms. The van der Waals surface area contributed by atoms with Crippen molar-refractivity contribution in [3.05, 3.63) is 45.5 Å². The van der Waals surface area contributed by atoms with Crippen LogP contribution in [0, 0.1) is 3.57 Å². The Hall–Kier alpha value is -2.88. The molecule has 150 valence electrons. The number of ether oxygens (including phenoxy) is 5. The maximum absolute atomic E-state index is 13.2. The molecule has 1 amide bonds. The molecule has 1 aliphatic heterocycles. The topological polar surface area (TPSA) is 75.3 Å². The Kier molecular flexibility index (Phi) is 5.27. The van der Waals surface area contributed by atoms with Gasteiger partial charge in [-0.3, -0.25) is 4.79 Å². The van der Waals surface area contributed by atoms with Gasteiger partial charge in [-0.2, -0.15) is 0 Å². The summed E-state index contributed by atoms with van der Waals surface area (Å²) >= 11 is 2.10. The van der Waals surface area contributed by atoms with Crippen LogP contribution in [0.25, 0.3) is 10.8 Å². The molecule has 1 N–H and O–H groups in total. The molecular weight excluding hydrogens is 489 g/mol. The molecule has 0 unspecified atom stereocenters. The van der Waals surface area contributed by atoms with Crippen LogP contribution < -0.4 is 29.0 Å². The zero-order valence-corrected chi connectivity index (χ0v) is 18.2. The molecule has 29 heavy (non-hydrogen) atoms. The first-order chi connectivity index (χ1) is 14.1. The summed E-state index contributed by atoms with van der Waals surface area (Å²) in [5, 5.41) is 4.56. The van der Waals surface area contributed by atoms with Gasteiger partial charge in [-0.15, -0.1) is 0 Å². The van der Waals surface area contributed by atoms with Gasteiger partial charge in [-0.05, 0) is 59.0 Å². The smallest absolute Gasteiger partial charge is 0.260 e. The molecule has 3 aromatic carbocycles. The van der Waals surface area contributed by atoms with E-state index in [1.54, 1.807) is 31.4 Å². The van der Waals surface area contributed by atoms with Crippen molar-refractivity contribution in [1.29, 1.82) is 0 Å². The maximum Gasteiger partial charge on any atom is 0.260 e. The van der Waals surface area contributed by atoms with Gasteiger partial charge in [0.15, 0.2) is 23.0 Å². The van der Waals surface area contributed by atoms with Crippen molar-refractivity contribution < 1.29 is 28.5 Å². The lowest BCUT2D eigenvalue weighted by Gasteiger charge is -2.16. The van der Waals surface area contributed by atoms with Gasteiger partial charge in [0.05, 0.1) is 26.9 Å². The van der Waals surface area contributed by atoms with Crippen molar-refractivity contribution in [2.45, 2.75) is 0 Å². The van der Waals surface area contributed by atoms with Crippen molar-refractivity contribution in [3.63, 3.8) is 0 Å². The number of rotatable bonds is 5. The minimum absolute atomic E-state index is 0.162. The predicted octanol–water partition coefficient (Wildman–Crippen LogP) is 4.45. The number of methoxy groups -OCH3 is 3. The Morgan fingerprint density at radius 2 is 1.59 bits per heavy atom. The van der Waals surface area contributed by atoms with Crippen LogP contribution in [-0.2, 0) is 0 Å². The second-order valence-electron chi connectivity index (χ2n) is 6.18. The van der Waals surface area contributed by atoms with Gasteiger partial charge in [0, 0.05) is 20.0 Å². The van der Waals surface area contributed by atoms with E-state index in [0.717, 1.165) is 14.3 Å². The number of nitrogens with one attached hydrogen (secondary N) is 1. The molecule has 7 nitrogen and oxygen atoms in total. The lowest BCUT2D eigenvalue weighted by atomic mass is 10.1. The van der Waals surface area contributed by atoms with Gasteiger partial charge in [0.25, 0.3) is 5.91 Å². The van der Waals surface area contributed by atoms with Crippen molar-refractivity contribution >= 4 is 45.0 Å². The Labute approximate surface area is 181 Å². The third-order valence-electron chi connectivity index (χ3n) is 4.66. The molecule has 0 aliphatic carbocycles. The Morgan fingerprint density at radius 3 is 2.24 bits per heavy atom. The zero-order chi connectivity index (χ0) is 20.5. The highest BCUT2D eigenvalue weighted by Gasteiger charge is 2.23. The Bertz CT molecular complexity index is 1110. The fraction of sp³-hybridized carbons (Fsp3) is 0.190. The van der Waals surface area contributed by atoms with Gasteiger partial charge in [0.1, 0.15) is 5.75 Å². The Balaban J connectivity index is 1.80. The van der Waals surface area contributed by atoms with E-state index in [9.17, 15) is 4.79 Å². The third kappa shape index (κ3) is 3.37. The maximum atomic E-state index is 13.2. The largest absolute Gasteiger partial charge is 0.496 e. The summed E-state index contributed by atoms with van der Waals surface area (Å²) in [5.41, 5.74) is 1.02. The van der Waals surface area contributed by atoms with Gasteiger partial charge in [0.2, 0.25) is 6.79 Å². The van der Waals surface area contributed by atoms with Gasteiger partial charge in [-0.25, -0.2) is 0 Å². The first kappa shape index (κ1) is 19.4. The van der Waals surface area contributed by atoms with Crippen LogP contribution in [0.1, 0.15) is 10.4 Å². The summed E-state index contributed by atoms with van der Waals surface area (Å²) in [4.78, 5) is 13.2. The fourth-order valence-corrected chi connectivity index (χ4v) is 3.96. The van der Waals surface area contributed by atoms with Crippen LogP contribution in [0.3, 0.4) is 0 Å². The number of amides is 1. The van der Waals surface area contributed by atoms with Gasteiger partial charge >= 0.3 is 0 Å². The molecule has 1 aliphatic rings. The van der Waals surface area contributed by atoms with Crippen molar-refractivity contribution in [2.75, 3.05) is 33.4 Å². The lowest BCUT2D eigenvalue weighted by Crippen LogP contribution is -2.15. The second-order valence-corrected chi connectivity index (χ2v) is 7.34. The number of benzene rings is 3. The first-order valence-corrected chi connectivity index (χ1v) is 9.77. The molecular formula is C21H18INO6. The number of hydrogen-bond donors (Lipinski definition) is 1. The third-order valence-corrected chi connectivity index (χ3v) is 5.56. The van der Waals surface area contributed by atoms with Gasteiger partial charge < -0.3 is 29.0 Å². The van der Waals surface area contributed by atoms with Crippen molar-refractivity contribution in [3.8, 4) is 28.7 Å². The number of halogens is 1. The molecule has 0 atom stereocenters. The Morgan fingerprint density at radius 1 is 0.931 bits per heavy atom. The molecule has 0 bridgehead atoms. The summed E-state index contributed by atoms with van der Waals surface area (Å²) in [5.74, 6) is 2.49. The molecule has 0 spiro atoms. The van der Waals surface area contributed by atoms with E-state index in [0.29, 0.717) is 40.0 Å². The van der Waals surface area contributed by atoms with Crippen molar-refractivity contribution in [2.24, 2.45) is 0 Å². The normalized spacial score (nSPS) is 12.0. The number of carbonyl (C=O) groups excluding carboxylic acids is 1. The molecule has 0 radical (unpaired) electrons. The van der Waals surface area contributed by atoms with Crippen LogP contribution in [0.5, 0.6) is 28.7 Å². The molecule has 1 heterocycles. The lowest BCUT2D eigenvalue weighted by molar-refractivity contribution is 0.102. The SMILES string of the molecule is COc1ccc(I)c(C(=O)Nc2ccc(OC)c3cc4c(cc23)OCO4)c1OC. The summed E-state index contributed by atoms with van der Waals surface area (Å²) in [7, 11) is 4.64. The van der Waals surface area contributed by atoms with E-state index in [1.165, 1.54) is 14.2 Å². The second kappa shape index (κ2) is 7.86. The monoisotopic (exact) mass is 507 g/mol. The number of carbonyl (C=O) groups is 1. The van der Waals surface area contributed by atoms with E-state index in [1.807, 2.05) is 12.1 Å². The highest BCUT2D eigenvalue weighted by Crippen LogP contribution is 2.42. The van der Waals surface area contributed by atoms with Crippen LogP contribution in [0.15, 0.2) is 36.4 Å². The summed E-state index contributed by atoms with van der Waals surface area (Å²) < 4.78 is 28.0. The molecule has 0 saturated heterocycles. The van der Waals surface area contributed by atoms with Crippen LogP contribution in [0.4, 0.5) is 5.69 Å². The summed E-state index contributed by atoms with van der Waals surface area (Å²) in [6.07, 6.45) is 0. The van der Waals surface area contributed by atoms with Crippen LogP contribution in [0.2, 0.25) is 0 Å². The van der Waals surface area contributed by atoms with Crippen LogP contribution in [-0.4, -0.2) is 34.0 Å². The molecule has 0 aromatic heterocycles. The fourth-order valence-electron chi connectivity index (χ4n) is 3.29. The van der Waals surface area contributed by atoms with E-state index in [-0.39, 0.29) is 12.7 Å². The minimum atomic E-state index is -0.311. The zero-order valence-electron chi connectivity index (χ0n) is 16.0. The molecule has 0 saturated carbocycles. The molecule has 0 fully saturated rings. The number of hydrogen-bond acceptors (Lipinski definition) is 6. The standard InChI is InChI=1S/C21H18INO6/c1-25-15-7-5-14(11-8-17-18(9-12(11)15)29-10-28-17)23-21(24)19-13(22)4-6-16(26-2)20(19)27-3/h4-9H,10H2,1-3H3,(H,23,24). The first-order valence-electron chi connectivity index (χ1n) is 8.69. The average molecular weight is 507 g/mol. The van der Waals surface area contributed by atoms with E-state index in [4.69, 9.17) is 23.7 Å². The predicted molar refractivity (Wildman–Crippen MR) is 117 cm³/mol. The number of anilines is 1. The highest BCUT2D eigenvalue weighted by molar-refractivity contribution is 14.1. The average Bonchev–Trinajstić information content (AvgIpc) is 3.19. The van der Waals surface area contributed by atoms with E-state index < -0.39 is 0 Å². The van der Waals surface area contributed by atoms with E-state index >= 15 is 0 Å². The van der Waals surface area contributed by atoms with E-state index in [2.05, 4.69) is 27.9 Å². The quantitative estimate of drug-likeness (QED) is 0.515. The van der Waals surface area contributed by atoms with Gasteiger partial charge in [-0.1, -0.05) is 0 Å². The molecule has 4 rings (SSSR count). The highest BCUT2D eigenvalue weighted by atomic mass is 127. The number of fused-ring (bicyclic) bond motifs is 2. The summed E-state index contributed by atoms with van der Waals surface area (Å²) in [6.45, 7) is 0.162. The van der Waals surface area contributed by atoms with Crippen molar-refractivity contribution in [1.82, 2.24) is 0 Å². The minimum Gasteiger partial charge on any atom is -0.496 e.